The third-order valence-corrected chi connectivity index (χ3v) is 4.37. The SMILES string of the molecule is Cc1ccn(CCC(C)C)c(=O)c1C(=O)NCCN1CCOCC1. The van der Waals surface area contributed by atoms with Gasteiger partial charge in [-0.25, -0.2) is 0 Å². The molecule has 0 spiro atoms. The first kappa shape index (κ1) is 18.7. The van der Waals surface area contributed by atoms with Gasteiger partial charge in [0.25, 0.3) is 11.5 Å². The van der Waals surface area contributed by atoms with E-state index < -0.39 is 0 Å². The molecule has 134 valence electrons. The molecule has 6 heteroatoms. The zero-order valence-corrected chi connectivity index (χ0v) is 15.0. The van der Waals surface area contributed by atoms with Gasteiger partial charge in [0.15, 0.2) is 0 Å². The highest BCUT2D eigenvalue weighted by Crippen LogP contribution is 2.05. The summed E-state index contributed by atoms with van der Waals surface area (Å²) in [6, 6.07) is 1.85. The quantitative estimate of drug-likeness (QED) is 0.815. The van der Waals surface area contributed by atoms with Gasteiger partial charge in [0.2, 0.25) is 0 Å². The summed E-state index contributed by atoms with van der Waals surface area (Å²) in [5, 5.41) is 2.89. The molecule has 0 saturated carbocycles. The fourth-order valence-corrected chi connectivity index (χ4v) is 2.76. The maximum atomic E-state index is 12.6. The Morgan fingerprint density at radius 3 is 2.67 bits per heavy atom. The smallest absolute Gasteiger partial charge is 0.263 e. The molecule has 6 nitrogen and oxygen atoms in total. The monoisotopic (exact) mass is 335 g/mol. The Bertz CT molecular complexity index is 604. The number of nitrogens with one attached hydrogen (secondary N) is 1. The van der Waals surface area contributed by atoms with Crippen LogP contribution in [0.25, 0.3) is 0 Å². The molecule has 2 rings (SSSR count). The number of aromatic nitrogens is 1. The summed E-state index contributed by atoms with van der Waals surface area (Å²) >= 11 is 0. The molecule has 1 amide bonds. The van der Waals surface area contributed by atoms with Crippen molar-refractivity contribution in [3.63, 3.8) is 0 Å². The molecular formula is C18H29N3O3. The number of carbonyl (C=O) groups excluding carboxylic acids is 1. The van der Waals surface area contributed by atoms with Crippen LogP contribution in [0.3, 0.4) is 0 Å². The third kappa shape index (κ3) is 5.18. The van der Waals surface area contributed by atoms with Crippen LogP contribution in [0.4, 0.5) is 0 Å². The van der Waals surface area contributed by atoms with Crippen molar-refractivity contribution in [1.82, 2.24) is 14.8 Å². The molecule has 0 radical (unpaired) electrons. The standard InChI is InChI=1S/C18H29N3O3/c1-14(2)4-7-21-8-5-15(3)16(18(21)23)17(22)19-6-9-20-10-12-24-13-11-20/h5,8,14H,4,6-7,9-13H2,1-3H3,(H,19,22). The number of hydrogen-bond acceptors (Lipinski definition) is 4. The van der Waals surface area contributed by atoms with Crippen LogP contribution in [0.5, 0.6) is 0 Å². The molecule has 1 aliphatic rings. The molecule has 0 aromatic carbocycles. The number of ether oxygens (including phenoxy) is 1. The highest BCUT2D eigenvalue weighted by Gasteiger charge is 2.16. The maximum Gasteiger partial charge on any atom is 0.263 e. The molecule has 1 fully saturated rings. The first-order valence-corrected chi connectivity index (χ1v) is 8.77. The minimum Gasteiger partial charge on any atom is -0.379 e. The molecule has 2 heterocycles. The van der Waals surface area contributed by atoms with Crippen LogP contribution in [0, 0.1) is 12.8 Å². The summed E-state index contributed by atoms with van der Waals surface area (Å²) < 4.78 is 6.95. The predicted octanol–water partition coefficient (Wildman–Crippen LogP) is 1.26. The number of amides is 1. The van der Waals surface area contributed by atoms with Gasteiger partial charge in [-0.2, -0.15) is 0 Å². The molecule has 1 aromatic rings. The van der Waals surface area contributed by atoms with E-state index in [1.807, 2.05) is 13.0 Å². The molecule has 24 heavy (non-hydrogen) atoms. The number of nitrogens with zero attached hydrogens (tertiary/aromatic N) is 2. The first-order valence-electron chi connectivity index (χ1n) is 8.77. The van der Waals surface area contributed by atoms with E-state index in [4.69, 9.17) is 4.74 Å². The van der Waals surface area contributed by atoms with Crippen molar-refractivity contribution in [2.45, 2.75) is 33.7 Å². The molecule has 0 unspecified atom stereocenters. The van der Waals surface area contributed by atoms with Gasteiger partial charge in [-0.3, -0.25) is 14.5 Å². The number of rotatable bonds is 7. The van der Waals surface area contributed by atoms with Crippen LogP contribution < -0.4 is 10.9 Å². The number of carbonyl (C=O) groups is 1. The highest BCUT2D eigenvalue weighted by atomic mass is 16.5. The average Bonchev–Trinajstić information content (AvgIpc) is 2.55. The largest absolute Gasteiger partial charge is 0.379 e. The Labute approximate surface area is 143 Å². The van der Waals surface area contributed by atoms with E-state index in [0.717, 1.165) is 44.8 Å². The number of pyridine rings is 1. The lowest BCUT2D eigenvalue weighted by Gasteiger charge is -2.26. The van der Waals surface area contributed by atoms with E-state index in [9.17, 15) is 9.59 Å². The number of morpholine rings is 1. The van der Waals surface area contributed by atoms with Gasteiger partial charge < -0.3 is 14.6 Å². The summed E-state index contributed by atoms with van der Waals surface area (Å²) in [4.78, 5) is 27.3. The Morgan fingerprint density at radius 1 is 1.29 bits per heavy atom. The number of hydrogen-bond donors (Lipinski definition) is 1. The normalized spacial score (nSPS) is 15.7. The first-order chi connectivity index (χ1) is 11.5. The Hall–Kier alpha value is -1.66. The fourth-order valence-electron chi connectivity index (χ4n) is 2.76. The zero-order valence-electron chi connectivity index (χ0n) is 15.0. The van der Waals surface area contributed by atoms with E-state index in [-0.39, 0.29) is 17.0 Å². The Morgan fingerprint density at radius 2 is 2.00 bits per heavy atom. The third-order valence-electron chi connectivity index (χ3n) is 4.37. The fraction of sp³-hybridized carbons (Fsp3) is 0.667. The molecule has 1 aliphatic heterocycles. The number of aryl methyl sites for hydroxylation is 2. The van der Waals surface area contributed by atoms with E-state index in [1.54, 1.807) is 10.8 Å². The van der Waals surface area contributed by atoms with Crippen LogP contribution >= 0.6 is 0 Å². The zero-order chi connectivity index (χ0) is 17.5. The molecular weight excluding hydrogens is 306 g/mol. The molecule has 0 aliphatic carbocycles. The predicted molar refractivity (Wildman–Crippen MR) is 94.5 cm³/mol. The second-order valence-electron chi connectivity index (χ2n) is 6.76. The highest BCUT2D eigenvalue weighted by molar-refractivity contribution is 5.95. The van der Waals surface area contributed by atoms with Crippen LogP contribution in [-0.2, 0) is 11.3 Å². The van der Waals surface area contributed by atoms with Gasteiger partial charge >= 0.3 is 0 Å². The van der Waals surface area contributed by atoms with Gasteiger partial charge in [-0.1, -0.05) is 13.8 Å². The lowest BCUT2D eigenvalue weighted by atomic mass is 10.1. The van der Waals surface area contributed by atoms with E-state index >= 15 is 0 Å². The van der Waals surface area contributed by atoms with Gasteiger partial charge in [0, 0.05) is 38.9 Å². The molecule has 0 bridgehead atoms. The Kier molecular flexibility index (Phi) is 6.99. The molecule has 0 atom stereocenters. The van der Waals surface area contributed by atoms with Gasteiger partial charge in [0.05, 0.1) is 13.2 Å². The Balaban J connectivity index is 1.97. The lowest BCUT2D eigenvalue weighted by molar-refractivity contribution is 0.0383. The molecule has 1 aromatic heterocycles. The minimum atomic E-state index is -0.273. The average molecular weight is 335 g/mol. The summed E-state index contributed by atoms with van der Waals surface area (Å²) in [6.45, 7) is 11.3. The van der Waals surface area contributed by atoms with Crippen molar-refractivity contribution in [1.29, 1.82) is 0 Å². The topological polar surface area (TPSA) is 63.6 Å². The second-order valence-corrected chi connectivity index (χ2v) is 6.76. The summed E-state index contributed by atoms with van der Waals surface area (Å²) in [5.41, 5.74) is 0.799. The van der Waals surface area contributed by atoms with Crippen molar-refractivity contribution in [2.75, 3.05) is 39.4 Å². The van der Waals surface area contributed by atoms with Crippen LogP contribution in [0.2, 0.25) is 0 Å². The summed E-state index contributed by atoms with van der Waals surface area (Å²) in [5.74, 6) is 0.244. The van der Waals surface area contributed by atoms with Crippen LogP contribution in [-0.4, -0.2) is 54.8 Å². The minimum absolute atomic E-state index is 0.195. The van der Waals surface area contributed by atoms with Gasteiger partial charge in [0.1, 0.15) is 5.56 Å². The summed E-state index contributed by atoms with van der Waals surface area (Å²) in [6.07, 6.45) is 2.70. The maximum absolute atomic E-state index is 12.6. The van der Waals surface area contributed by atoms with Crippen molar-refractivity contribution in [3.05, 3.63) is 33.7 Å². The molecule has 1 N–H and O–H groups in total. The van der Waals surface area contributed by atoms with Gasteiger partial charge in [-0.15, -0.1) is 0 Å². The van der Waals surface area contributed by atoms with E-state index in [0.29, 0.717) is 19.0 Å². The van der Waals surface area contributed by atoms with Crippen molar-refractivity contribution in [2.24, 2.45) is 5.92 Å². The van der Waals surface area contributed by atoms with Crippen LogP contribution in [0.1, 0.15) is 36.2 Å². The van der Waals surface area contributed by atoms with Crippen LogP contribution in [0.15, 0.2) is 17.1 Å². The second kappa shape index (κ2) is 8.99. The van der Waals surface area contributed by atoms with Gasteiger partial charge in [-0.05, 0) is 30.9 Å². The lowest BCUT2D eigenvalue weighted by Crippen LogP contribution is -2.42. The van der Waals surface area contributed by atoms with E-state index in [1.165, 1.54) is 0 Å². The van der Waals surface area contributed by atoms with E-state index in [2.05, 4.69) is 24.1 Å². The molecule has 1 saturated heterocycles. The van der Waals surface area contributed by atoms with Crippen molar-refractivity contribution >= 4 is 5.91 Å². The van der Waals surface area contributed by atoms with Crippen molar-refractivity contribution < 1.29 is 9.53 Å². The summed E-state index contributed by atoms with van der Waals surface area (Å²) in [7, 11) is 0. The van der Waals surface area contributed by atoms with Crippen molar-refractivity contribution in [3.8, 4) is 0 Å².